The third-order valence-corrected chi connectivity index (χ3v) is 1.85. The third-order valence-electron chi connectivity index (χ3n) is 1.85. The van der Waals surface area contributed by atoms with E-state index in [4.69, 9.17) is 5.41 Å². The van der Waals surface area contributed by atoms with Crippen LogP contribution < -0.4 is 0 Å². The fraction of sp³-hybridized carbons (Fsp3) is 0.250. The number of benzene rings is 1. The third kappa shape index (κ3) is 5.27. The molecule has 0 radical (unpaired) electrons. The summed E-state index contributed by atoms with van der Waals surface area (Å²) in [7, 11) is 0. The zero-order valence-corrected chi connectivity index (χ0v) is 8.76. The molecule has 14 heavy (non-hydrogen) atoms. The maximum absolute atomic E-state index is 5.77. The Balaban J connectivity index is 0.000000294. The minimum Gasteiger partial charge on any atom is -0.248 e. The van der Waals surface area contributed by atoms with Gasteiger partial charge < -0.3 is 0 Å². The summed E-state index contributed by atoms with van der Waals surface area (Å²) < 4.78 is 0. The van der Waals surface area contributed by atoms with Crippen LogP contribution in [-0.2, 0) is 0 Å². The number of nitrogens with one attached hydrogen (secondary N) is 1. The first-order valence-corrected chi connectivity index (χ1v) is 4.71. The Kier molecular flexibility index (Phi) is 7.36. The van der Waals surface area contributed by atoms with E-state index in [-0.39, 0.29) is 0 Å². The lowest BCUT2D eigenvalue weighted by Gasteiger charge is -1.92. The van der Waals surface area contributed by atoms with Gasteiger partial charge in [0, 0.05) is 0 Å². The average molecular weight is 203 g/mol. The zero-order chi connectivity index (χ0) is 10.8. The van der Waals surface area contributed by atoms with Crippen LogP contribution in [0.2, 0.25) is 0 Å². The van der Waals surface area contributed by atoms with E-state index in [1.807, 2.05) is 0 Å². The van der Waals surface area contributed by atoms with Crippen molar-refractivity contribution in [3.8, 4) is 12.8 Å². The number of hydrogen-bond donors (Lipinski definition) is 1. The van der Waals surface area contributed by atoms with Crippen LogP contribution in [0.25, 0.3) is 0 Å². The maximum Gasteiger partial charge on any atom is 0.0554 e. The van der Waals surface area contributed by atoms with Crippen LogP contribution in [0.15, 0.2) is 30.3 Å². The van der Waals surface area contributed by atoms with Crippen LogP contribution in [-0.4, -0.2) is 5.16 Å². The van der Waals surface area contributed by atoms with Crippen LogP contribution >= 0.6 is 12.2 Å². The van der Waals surface area contributed by atoms with Gasteiger partial charge in [-0.1, -0.05) is 30.3 Å². The highest BCUT2D eigenvalue weighted by Gasteiger charge is 2.22. The summed E-state index contributed by atoms with van der Waals surface area (Å²) >= 11 is 3.81. The summed E-state index contributed by atoms with van der Waals surface area (Å²) in [5.74, 6) is 0.909. The van der Waals surface area contributed by atoms with Crippen LogP contribution in [0, 0.1) is 18.3 Å². The van der Waals surface area contributed by atoms with Gasteiger partial charge in [-0.25, -0.2) is 5.41 Å². The zero-order valence-electron chi connectivity index (χ0n) is 7.94. The van der Waals surface area contributed by atoms with E-state index in [0.29, 0.717) is 0 Å². The van der Waals surface area contributed by atoms with Gasteiger partial charge in [0.1, 0.15) is 0 Å². The largest absolute Gasteiger partial charge is 0.248 e. The molecule has 1 fully saturated rings. The molecule has 0 bridgehead atoms. The molecular formula is C12H13NS. The smallest absolute Gasteiger partial charge is 0.0554 e. The van der Waals surface area contributed by atoms with Gasteiger partial charge in [-0.2, -0.15) is 0 Å². The molecule has 1 nitrogen and oxygen atoms in total. The molecule has 2 rings (SSSR count). The molecule has 0 saturated heterocycles. The summed E-state index contributed by atoms with van der Waals surface area (Å²) in [4.78, 5) is 0. The Morgan fingerprint density at radius 1 is 1.21 bits per heavy atom. The van der Waals surface area contributed by atoms with Gasteiger partial charge in [0.25, 0.3) is 0 Å². The molecule has 0 amide bonds. The summed E-state index contributed by atoms with van der Waals surface area (Å²) in [5, 5.41) is 7.36. The minimum atomic E-state index is 0.909. The molecule has 1 N–H and O–H groups in total. The van der Waals surface area contributed by atoms with Gasteiger partial charge in [-0.05, 0) is 36.5 Å². The van der Waals surface area contributed by atoms with Gasteiger partial charge in [-0.15, -0.1) is 12.8 Å². The van der Waals surface area contributed by atoms with Crippen LogP contribution in [0.4, 0.5) is 0 Å². The van der Waals surface area contributed by atoms with Crippen molar-refractivity contribution in [3.05, 3.63) is 35.9 Å². The van der Waals surface area contributed by atoms with Crippen LogP contribution in [0.5, 0.6) is 0 Å². The second-order valence-electron chi connectivity index (χ2n) is 2.79. The number of rotatable bonds is 1. The van der Waals surface area contributed by atoms with Crippen molar-refractivity contribution in [1.82, 2.24) is 0 Å². The van der Waals surface area contributed by atoms with E-state index in [2.05, 4.69) is 55.4 Å². The monoisotopic (exact) mass is 203 g/mol. The van der Waals surface area contributed by atoms with E-state index in [9.17, 15) is 0 Å². The molecule has 0 aliphatic heterocycles. The topological polar surface area (TPSA) is 23.9 Å². The average Bonchev–Trinajstić information content (AvgIpc) is 3.07. The highest BCUT2D eigenvalue weighted by atomic mass is 32.1. The van der Waals surface area contributed by atoms with Crippen molar-refractivity contribution in [1.29, 1.82) is 5.41 Å². The molecule has 0 unspecified atom stereocenters. The van der Waals surface area contributed by atoms with Gasteiger partial charge in [-0.3, -0.25) is 0 Å². The summed E-state index contributed by atoms with van der Waals surface area (Å²) in [5.41, 5.74) is 1.53. The highest BCUT2D eigenvalue weighted by Crippen LogP contribution is 2.39. The minimum absolute atomic E-state index is 0.909. The van der Waals surface area contributed by atoms with Gasteiger partial charge >= 0.3 is 0 Å². The normalized spacial score (nSPS) is 12.1. The molecule has 1 aliphatic rings. The first-order chi connectivity index (χ1) is 6.88. The molecule has 1 aliphatic carbocycles. The Hall–Kier alpha value is -1.42. The standard InChI is InChI=1S/C9H10.C2H2.CHNS/c1-2-4-8(5-3-1)9-6-7-9;1-2;2-1-3/h1-5,9H,6-7H2;1-2H;2H. The van der Waals surface area contributed by atoms with Gasteiger partial charge in [0.15, 0.2) is 0 Å². The van der Waals surface area contributed by atoms with Crippen molar-refractivity contribution in [2.75, 3.05) is 0 Å². The lowest BCUT2D eigenvalue weighted by atomic mass is 10.1. The Morgan fingerprint density at radius 2 is 1.64 bits per heavy atom. The molecule has 0 heterocycles. The first-order valence-electron chi connectivity index (χ1n) is 4.30. The molecule has 2 heteroatoms. The van der Waals surface area contributed by atoms with Crippen LogP contribution in [0.3, 0.4) is 0 Å². The molecule has 1 saturated carbocycles. The molecule has 0 spiro atoms. The second-order valence-corrected chi connectivity index (χ2v) is 2.99. The van der Waals surface area contributed by atoms with E-state index < -0.39 is 0 Å². The second kappa shape index (κ2) is 8.19. The fourth-order valence-electron chi connectivity index (χ4n) is 1.14. The predicted molar refractivity (Wildman–Crippen MR) is 63.6 cm³/mol. The van der Waals surface area contributed by atoms with Crippen LogP contribution in [0.1, 0.15) is 24.3 Å². The Labute approximate surface area is 90.7 Å². The molecule has 1 aromatic carbocycles. The predicted octanol–water partition coefficient (Wildman–Crippen LogP) is 3.48. The van der Waals surface area contributed by atoms with Crippen molar-refractivity contribution in [2.45, 2.75) is 18.8 Å². The van der Waals surface area contributed by atoms with Crippen molar-refractivity contribution in [2.24, 2.45) is 0 Å². The first kappa shape index (κ1) is 12.6. The number of hydrogen-bond acceptors (Lipinski definition) is 2. The van der Waals surface area contributed by atoms with Crippen molar-refractivity contribution in [3.63, 3.8) is 0 Å². The highest BCUT2D eigenvalue weighted by molar-refractivity contribution is 7.78. The molecule has 0 atom stereocenters. The van der Waals surface area contributed by atoms with Crippen molar-refractivity contribution < 1.29 is 0 Å². The molecule has 0 aromatic heterocycles. The molecular weight excluding hydrogens is 190 g/mol. The van der Waals surface area contributed by atoms with E-state index in [1.54, 1.807) is 5.16 Å². The number of thiocarbonyl (C=S) groups is 1. The van der Waals surface area contributed by atoms with E-state index in [0.717, 1.165) is 5.92 Å². The quantitative estimate of drug-likeness (QED) is 0.421. The number of terminal acetylenes is 1. The molecule has 1 aromatic rings. The maximum atomic E-state index is 5.77. The van der Waals surface area contributed by atoms with Crippen molar-refractivity contribution >= 4 is 17.4 Å². The Bertz CT molecular complexity index is 293. The molecule has 72 valence electrons. The summed E-state index contributed by atoms with van der Waals surface area (Å²) in [6, 6.07) is 10.8. The van der Waals surface area contributed by atoms with E-state index in [1.165, 1.54) is 18.4 Å². The Morgan fingerprint density at radius 3 is 2.00 bits per heavy atom. The van der Waals surface area contributed by atoms with E-state index >= 15 is 0 Å². The van der Waals surface area contributed by atoms with Gasteiger partial charge in [0.05, 0.1) is 5.16 Å². The van der Waals surface area contributed by atoms with Gasteiger partial charge in [0.2, 0.25) is 0 Å². The summed E-state index contributed by atoms with van der Waals surface area (Å²) in [6.45, 7) is 0. The number of isothiocyanates is 1. The fourth-order valence-corrected chi connectivity index (χ4v) is 1.14. The SMILES string of the molecule is C#C.N=C=S.c1ccc(C2CC2)cc1. The lowest BCUT2D eigenvalue weighted by molar-refractivity contribution is 1.13. The lowest BCUT2D eigenvalue weighted by Crippen LogP contribution is -1.73. The summed E-state index contributed by atoms with van der Waals surface area (Å²) in [6.07, 6.45) is 10.8.